The standard InChI is InChI=1S/C62H56N6/c1-5-11-48(38-64)68-58-30-26-45(41-17-21-43(22-18-41)56-14-8-9-33-66-56)35-52(58)54-37-47-24-23-46-36-53-51-34-44(40-15-19-42(20-16-40)55(12-6-2)65-32-7-3)25-29-57(51)67(39(4)13-10-31-63)61(53)49-27-28-50(62(54)68)60(47)59(46)49/h5,8-22,25-26,29-38H,6-7,23-24,27-28,63-64H2,1-4H3/b11-5-,31-10-,39-13+,48-38+,55-12-,65-32?. The van der Waals surface area contributed by atoms with E-state index in [0.29, 0.717) is 0 Å². The van der Waals surface area contributed by atoms with Crippen LogP contribution in [-0.2, 0) is 25.7 Å². The summed E-state index contributed by atoms with van der Waals surface area (Å²) in [7, 11) is 0. The van der Waals surface area contributed by atoms with Gasteiger partial charge in [0.25, 0.3) is 0 Å². The van der Waals surface area contributed by atoms with Gasteiger partial charge in [0, 0.05) is 51.4 Å². The van der Waals surface area contributed by atoms with Crippen molar-refractivity contribution >= 4 is 66.9 Å². The second-order valence-corrected chi connectivity index (χ2v) is 18.1. The highest BCUT2D eigenvalue weighted by Crippen LogP contribution is 2.51. The number of aryl methyl sites for hydroxylation is 4. The van der Waals surface area contributed by atoms with Crippen molar-refractivity contribution in [2.45, 2.75) is 66.2 Å². The zero-order valence-corrected chi connectivity index (χ0v) is 39.4. The quantitative estimate of drug-likeness (QED) is 0.100. The first-order valence-electron chi connectivity index (χ1n) is 24.2. The Morgan fingerprint density at radius 3 is 1.79 bits per heavy atom. The zero-order chi connectivity index (χ0) is 46.5. The second kappa shape index (κ2) is 17.7. The van der Waals surface area contributed by atoms with E-state index >= 15 is 0 Å². The fourth-order valence-electron chi connectivity index (χ4n) is 11.1. The van der Waals surface area contributed by atoms with Gasteiger partial charge >= 0.3 is 0 Å². The smallest absolute Gasteiger partial charge is 0.0701 e. The van der Waals surface area contributed by atoms with Crippen molar-refractivity contribution in [1.82, 2.24) is 14.1 Å². The number of allylic oxidation sites excluding steroid dienone is 7. The maximum Gasteiger partial charge on any atom is 0.0701 e. The molecule has 3 heterocycles. The summed E-state index contributed by atoms with van der Waals surface area (Å²) in [6.45, 7) is 8.55. The van der Waals surface area contributed by atoms with Crippen molar-refractivity contribution in [3.8, 4) is 44.6 Å². The summed E-state index contributed by atoms with van der Waals surface area (Å²) in [6, 6.07) is 42.7. The van der Waals surface area contributed by atoms with Gasteiger partial charge in [0.2, 0.25) is 0 Å². The number of aromatic nitrogens is 3. The van der Waals surface area contributed by atoms with Gasteiger partial charge < -0.3 is 20.6 Å². The molecule has 0 unspecified atom stereocenters. The van der Waals surface area contributed by atoms with Crippen LogP contribution in [0.4, 0.5) is 0 Å². The van der Waals surface area contributed by atoms with Crippen LogP contribution in [0.1, 0.15) is 68.4 Å². The first-order chi connectivity index (χ1) is 33.4. The van der Waals surface area contributed by atoms with Crippen LogP contribution in [0.25, 0.3) is 105 Å². The van der Waals surface area contributed by atoms with Gasteiger partial charge in [-0.2, -0.15) is 0 Å². The minimum Gasteiger partial charge on any atom is -0.405 e. The van der Waals surface area contributed by atoms with Gasteiger partial charge in [0.15, 0.2) is 0 Å². The van der Waals surface area contributed by atoms with Crippen LogP contribution in [0, 0.1) is 0 Å². The molecule has 0 spiro atoms. The predicted molar refractivity (Wildman–Crippen MR) is 290 cm³/mol. The SMILES string of the molecule is C/C=C\C(=C/N)n1c2ccc(-c3ccc(-c4ccccn4)cc3)cc2c2cc3c4c(c21)CCc1c-4c(cc2c4cc(-c5ccc(/C(=C/CC)N=CCC)cc5)ccc4n(/C(C)=C/C=C\N)c12)CC3. The summed E-state index contributed by atoms with van der Waals surface area (Å²) in [4.78, 5) is 9.34. The zero-order valence-electron chi connectivity index (χ0n) is 39.4. The van der Waals surface area contributed by atoms with E-state index in [2.05, 4.69) is 169 Å². The lowest BCUT2D eigenvalue weighted by molar-refractivity contribution is 0.884. The molecule has 0 fully saturated rings. The van der Waals surface area contributed by atoms with E-state index in [1.165, 1.54) is 93.7 Å². The largest absolute Gasteiger partial charge is 0.405 e. The number of nitrogens with two attached hydrogens (primary N) is 2. The molecule has 3 aromatic heterocycles. The monoisotopic (exact) mass is 884 g/mol. The molecular weight excluding hydrogens is 829 g/mol. The van der Waals surface area contributed by atoms with Crippen LogP contribution < -0.4 is 11.5 Å². The number of benzene rings is 6. The predicted octanol–water partition coefficient (Wildman–Crippen LogP) is 15.1. The normalized spacial score (nSPS) is 14.3. The van der Waals surface area contributed by atoms with Gasteiger partial charge in [0.05, 0.1) is 39.2 Å². The summed E-state index contributed by atoms with van der Waals surface area (Å²) in [5, 5.41) is 5.10. The topological polar surface area (TPSA) is 87.2 Å². The van der Waals surface area contributed by atoms with Crippen LogP contribution in [-0.4, -0.2) is 20.3 Å². The number of pyridine rings is 1. The van der Waals surface area contributed by atoms with Crippen LogP contribution >= 0.6 is 0 Å². The highest BCUT2D eigenvalue weighted by Gasteiger charge is 2.33. The molecule has 11 rings (SSSR count). The first-order valence-corrected chi connectivity index (χ1v) is 24.2. The Morgan fingerprint density at radius 1 is 0.647 bits per heavy atom. The second-order valence-electron chi connectivity index (χ2n) is 18.1. The van der Waals surface area contributed by atoms with Gasteiger partial charge in [-0.15, -0.1) is 0 Å². The molecule has 6 heteroatoms. The molecule has 6 aromatic carbocycles. The molecule has 0 radical (unpaired) electrons. The third-order valence-electron chi connectivity index (χ3n) is 14.1. The molecule has 0 amide bonds. The molecule has 0 atom stereocenters. The Hall–Kier alpha value is -7.96. The highest BCUT2D eigenvalue weighted by atomic mass is 15.0. The average molecular weight is 885 g/mol. The van der Waals surface area contributed by atoms with Crippen LogP contribution in [0.2, 0.25) is 0 Å². The van der Waals surface area contributed by atoms with Crippen molar-refractivity contribution in [1.29, 1.82) is 0 Å². The average Bonchev–Trinajstić information content (AvgIpc) is 3.89. The minimum absolute atomic E-state index is 0.911. The van der Waals surface area contributed by atoms with Gasteiger partial charge in [-0.25, -0.2) is 0 Å². The van der Waals surface area contributed by atoms with E-state index in [4.69, 9.17) is 16.5 Å². The van der Waals surface area contributed by atoms with Crippen molar-refractivity contribution in [2.75, 3.05) is 0 Å². The van der Waals surface area contributed by atoms with Gasteiger partial charge in [-0.1, -0.05) is 92.7 Å². The summed E-state index contributed by atoms with van der Waals surface area (Å²) in [6.07, 6.45) is 23.4. The van der Waals surface area contributed by atoms with E-state index in [-0.39, 0.29) is 0 Å². The Morgan fingerprint density at radius 2 is 1.24 bits per heavy atom. The number of rotatable bonds is 11. The third-order valence-corrected chi connectivity index (χ3v) is 14.1. The van der Waals surface area contributed by atoms with Crippen molar-refractivity contribution in [2.24, 2.45) is 16.5 Å². The Labute approximate surface area is 398 Å². The third kappa shape index (κ3) is 7.02. The van der Waals surface area contributed by atoms with Gasteiger partial charge in [-0.05, 0) is 187 Å². The van der Waals surface area contributed by atoms with Crippen molar-refractivity contribution in [3.63, 3.8) is 0 Å². The number of nitrogens with zero attached hydrogens (tertiary/aromatic N) is 4. The number of fused-ring (bicyclic) bond motifs is 8. The molecule has 2 aliphatic rings. The van der Waals surface area contributed by atoms with E-state index < -0.39 is 0 Å². The van der Waals surface area contributed by atoms with Crippen LogP contribution in [0.15, 0.2) is 169 Å². The first kappa shape index (κ1) is 42.7. The molecule has 0 saturated carbocycles. The minimum atomic E-state index is 0.911. The molecule has 0 bridgehead atoms. The number of hydrogen-bond acceptors (Lipinski definition) is 4. The molecular formula is C62H56N6. The maximum atomic E-state index is 6.54. The Bertz CT molecular complexity index is 3640. The Kier molecular flexibility index (Phi) is 11.1. The van der Waals surface area contributed by atoms with Crippen molar-refractivity contribution in [3.05, 3.63) is 192 Å². The van der Waals surface area contributed by atoms with E-state index in [1.54, 1.807) is 12.4 Å². The number of aliphatic imine (C=N–C) groups is 1. The summed E-state index contributed by atoms with van der Waals surface area (Å²) < 4.78 is 4.91. The fraction of sp³-hybridized carbons (Fsp3) is 0.161. The molecule has 334 valence electrons. The summed E-state index contributed by atoms with van der Waals surface area (Å²) in [5.41, 5.74) is 37.0. The van der Waals surface area contributed by atoms with Crippen LogP contribution in [0.5, 0.6) is 0 Å². The summed E-state index contributed by atoms with van der Waals surface area (Å²) >= 11 is 0. The lowest BCUT2D eigenvalue weighted by Crippen LogP contribution is -2.16. The molecule has 2 aliphatic carbocycles. The van der Waals surface area contributed by atoms with Gasteiger partial charge in [0.1, 0.15) is 0 Å². The van der Waals surface area contributed by atoms with E-state index in [9.17, 15) is 0 Å². The van der Waals surface area contributed by atoms with E-state index in [1.807, 2.05) is 30.6 Å². The van der Waals surface area contributed by atoms with Crippen LogP contribution in [0.3, 0.4) is 0 Å². The maximum absolute atomic E-state index is 6.54. The molecule has 4 N–H and O–H groups in total. The summed E-state index contributed by atoms with van der Waals surface area (Å²) in [5.74, 6) is 0. The lowest BCUT2D eigenvalue weighted by Gasteiger charge is -2.31. The lowest BCUT2D eigenvalue weighted by atomic mass is 9.74. The van der Waals surface area contributed by atoms with Gasteiger partial charge in [-0.3, -0.25) is 9.98 Å². The molecule has 68 heavy (non-hydrogen) atoms. The van der Waals surface area contributed by atoms with Crippen molar-refractivity contribution < 1.29 is 0 Å². The van der Waals surface area contributed by atoms with E-state index in [0.717, 1.165) is 78.0 Å². The molecule has 0 saturated heterocycles. The molecule has 6 nitrogen and oxygen atoms in total. The molecule has 0 aliphatic heterocycles. The Balaban J connectivity index is 1.10. The fourth-order valence-corrected chi connectivity index (χ4v) is 11.1. The molecule has 9 aromatic rings. The number of hydrogen-bond donors (Lipinski definition) is 2. The highest BCUT2D eigenvalue weighted by molar-refractivity contribution is 6.17.